The maximum absolute atomic E-state index is 12.3. The number of aryl methyl sites for hydroxylation is 1. The number of benzene rings is 2. The largest absolute Gasteiger partial charge is 0.360 e. The number of hydrogen-bond donors (Lipinski definition) is 2. The van der Waals surface area contributed by atoms with E-state index in [0.717, 1.165) is 28.5 Å². The molecule has 3 rings (SSSR count). The first kappa shape index (κ1) is 16.5. The van der Waals surface area contributed by atoms with E-state index in [1.165, 1.54) is 5.56 Å². The van der Waals surface area contributed by atoms with E-state index >= 15 is 0 Å². The molecule has 124 valence electrons. The van der Waals surface area contributed by atoms with E-state index in [1.807, 2.05) is 54.7 Å². The van der Waals surface area contributed by atoms with Crippen LogP contribution in [-0.2, 0) is 17.8 Å². The van der Waals surface area contributed by atoms with Gasteiger partial charge in [0.25, 0.3) is 5.91 Å². The molecule has 0 radical (unpaired) electrons. The fourth-order valence-corrected chi connectivity index (χ4v) is 2.83. The van der Waals surface area contributed by atoms with Gasteiger partial charge in [-0.2, -0.15) is 5.26 Å². The molecule has 4 nitrogen and oxygen atoms in total. The zero-order valence-electron chi connectivity index (χ0n) is 14.0. The van der Waals surface area contributed by atoms with Crippen molar-refractivity contribution in [2.45, 2.75) is 19.9 Å². The van der Waals surface area contributed by atoms with Gasteiger partial charge in [0, 0.05) is 29.2 Å². The molecule has 1 heterocycles. The average Bonchev–Trinajstić information content (AvgIpc) is 3.08. The zero-order chi connectivity index (χ0) is 17.6. The second-order valence-electron chi connectivity index (χ2n) is 5.78. The lowest BCUT2D eigenvalue weighted by Crippen LogP contribution is -2.23. The van der Waals surface area contributed by atoms with Gasteiger partial charge in [-0.1, -0.05) is 55.5 Å². The van der Waals surface area contributed by atoms with E-state index in [0.29, 0.717) is 6.54 Å². The van der Waals surface area contributed by atoms with Crippen molar-refractivity contribution in [3.05, 3.63) is 77.0 Å². The summed E-state index contributed by atoms with van der Waals surface area (Å²) in [5.74, 6) is -0.368. The van der Waals surface area contributed by atoms with Crippen LogP contribution in [0.2, 0.25) is 0 Å². The first-order valence-corrected chi connectivity index (χ1v) is 8.25. The Bertz CT molecular complexity index is 962. The quantitative estimate of drug-likeness (QED) is 0.549. The van der Waals surface area contributed by atoms with E-state index in [1.54, 1.807) is 6.08 Å². The molecule has 1 aromatic heterocycles. The van der Waals surface area contributed by atoms with Crippen molar-refractivity contribution in [1.29, 1.82) is 5.26 Å². The second-order valence-corrected chi connectivity index (χ2v) is 5.78. The van der Waals surface area contributed by atoms with E-state index in [9.17, 15) is 10.1 Å². The number of aromatic amines is 1. The molecule has 0 aliphatic heterocycles. The Labute approximate surface area is 146 Å². The van der Waals surface area contributed by atoms with Gasteiger partial charge in [0.05, 0.1) is 0 Å². The Morgan fingerprint density at radius 2 is 2.00 bits per heavy atom. The number of nitrogens with one attached hydrogen (secondary N) is 2. The lowest BCUT2D eigenvalue weighted by atomic mass is 10.1. The van der Waals surface area contributed by atoms with E-state index in [2.05, 4.69) is 23.3 Å². The fraction of sp³-hybridized carbons (Fsp3) is 0.143. The third kappa shape index (κ3) is 3.61. The van der Waals surface area contributed by atoms with Gasteiger partial charge in [0.2, 0.25) is 0 Å². The number of rotatable bonds is 5. The molecule has 2 aromatic carbocycles. The van der Waals surface area contributed by atoms with Gasteiger partial charge in [0.15, 0.2) is 0 Å². The van der Waals surface area contributed by atoms with Crippen LogP contribution in [0.3, 0.4) is 0 Å². The molecule has 0 spiro atoms. The summed E-state index contributed by atoms with van der Waals surface area (Å²) >= 11 is 0. The number of aromatic nitrogens is 1. The van der Waals surface area contributed by atoms with Gasteiger partial charge in [-0.05, 0) is 23.6 Å². The first-order chi connectivity index (χ1) is 12.2. The van der Waals surface area contributed by atoms with Crippen LogP contribution in [-0.4, -0.2) is 10.9 Å². The molecule has 0 atom stereocenters. The highest BCUT2D eigenvalue weighted by molar-refractivity contribution is 6.04. The van der Waals surface area contributed by atoms with Gasteiger partial charge in [-0.25, -0.2) is 0 Å². The number of carbonyl (C=O) groups excluding carboxylic acids is 1. The van der Waals surface area contributed by atoms with Gasteiger partial charge < -0.3 is 10.3 Å². The predicted octanol–water partition coefficient (Wildman–Crippen LogP) is 3.95. The van der Waals surface area contributed by atoms with Gasteiger partial charge in [-0.3, -0.25) is 4.79 Å². The summed E-state index contributed by atoms with van der Waals surface area (Å²) in [6, 6.07) is 17.7. The normalized spacial score (nSPS) is 11.3. The molecule has 0 saturated carbocycles. The van der Waals surface area contributed by atoms with Crippen LogP contribution in [0.5, 0.6) is 0 Å². The molecule has 2 N–H and O–H groups in total. The van der Waals surface area contributed by atoms with E-state index in [-0.39, 0.29) is 11.5 Å². The minimum Gasteiger partial charge on any atom is -0.360 e. The number of H-pyrrole nitrogens is 1. The molecule has 3 aromatic rings. The molecule has 0 aliphatic carbocycles. The van der Waals surface area contributed by atoms with E-state index in [4.69, 9.17) is 0 Å². The number of carbonyl (C=O) groups is 1. The van der Waals surface area contributed by atoms with Crippen molar-refractivity contribution in [3.8, 4) is 6.07 Å². The second kappa shape index (κ2) is 7.50. The highest BCUT2D eigenvalue weighted by Crippen LogP contribution is 2.24. The Hall–Kier alpha value is -3.32. The Morgan fingerprint density at radius 1 is 1.20 bits per heavy atom. The summed E-state index contributed by atoms with van der Waals surface area (Å²) in [6.07, 6.45) is 4.40. The molecular formula is C21H19N3O. The monoisotopic (exact) mass is 329 g/mol. The van der Waals surface area contributed by atoms with Gasteiger partial charge in [-0.15, -0.1) is 0 Å². The molecule has 1 amide bonds. The molecule has 0 bridgehead atoms. The van der Waals surface area contributed by atoms with Crippen LogP contribution in [0.1, 0.15) is 23.6 Å². The molecule has 4 heteroatoms. The number of hydrogen-bond acceptors (Lipinski definition) is 2. The number of amides is 1. The van der Waals surface area contributed by atoms with Crippen LogP contribution in [0.15, 0.2) is 60.3 Å². The van der Waals surface area contributed by atoms with Crippen molar-refractivity contribution in [2.75, 3.05) is 0 Å². The van der Waals surface area contributed by atoms with Crippen LogP contribution in [0.4, 0.5) is 0 Å². The van der Waals surface area contributed by atoms with Crippen molar-refractivity contribution < 1.29 is 4.79 Å². The SMILES string of the molecule is CCc1cccc2c(/C=C(\C#N)C(=O)NCc3ccccc3)c[nH]c12. The van der Waals surface area contributed by atoms with Crippen LogP contribution >= 0.6 is 0 Å². The summed E-state index contributed by atoms with van der Waals surface area (Å²) in [6.45, 7) is 2.50. The maximum atomic E-state index is 12.3. The van der Waals surface area contributed by atoms with Crippen LogP contribution in [0.25, 0.3) is 17.0 Å². The van der Waals surface area contributed by atoms with Crippen molar-refractivity contribution in [1.82, 2.24) is 10.3 Å². The first-order valence-electron chi connectivity index (χ1n) is 8.25. The summed E-state index contributed by atoms with van der Waals surface area (Å²) in [5, 5.41) is 13.2. The minimum atomic E-state index is -0.368. The van der Waals surface area contributed by atoms with E-state index < -0.39 is 0 Å². The summed E-state index contributed by atoms with van der Waals surface area (Å²) in [7, 11) is 0. The smallest absolute Gasteiger partial charge is 0.262 e. The lowest BCUT2D eigenvalue weighted by molar-refractivity contribution is -0.117. The molecule has 0 unspecified atom stereocenters. The highest BCUT2D eigenvalue weighted by atomic mass is 16.1. The summed E-state index contributed by atoms with van der Waals surface area (Å²) in [4.78, 5) is 15.6. The Balaban J connectivity index is 1.83. The highest BCUT2D eigenvalue weighted by Gasteiger charge is 2.11. The van der Waals surface area contributed by atoms with Crippen LogP contribution < -0.4 is 5.32 Å². The number of para-hydroxylation sites is 1. The van der Waals surface area contributed by atoms with Crippen molar-refractivity contribution in [3.63, 3.8) is 0 Å². The topological polar surface area (TPSA) is 68.7 Å². The predicted molar refractivity (Wildman–Crippen MR) is 99.6 cm³/mol. The standard InChI is InChI=1S/C21H19N3O/c1-2-16-9-6-10-19-18(14-23-20(16)19)11-17(12-22)21(25)24-13-15-7-4-3-5-8-15/h3-11,14,23H,2,13H2,1H3,(H,24,25)/b17-11+. The summed E-state index contributed by atoms with van der Waals surface area (Å²) < 4.78 is 0. The molecule has 25 heavy (non-hydrogen) atoms. The average molecular weight is 329 g/mol. The zero-order valence-corrected chi connectivity index (χ0v) is 14.0. The summed E-state index contributed by atoms with van der Waals surface area (Å²) in [5.41, 5.74) is 4.20. The molecular weight excluding hydrogens is 310 g/mol. The Kier molecular flexibility index (Phi) is 4.96. The van der Waals surface area contributed by atoms with Gasteiger partial charge >= 0.3 is 0 Å². The third-order valence-electron chi connectivity index (χ3n) is 4.18. The lowest BCUT2D eigenvalue weighted by Gasteiger charge is -2.04. The third-order valence-corrected chi connectivity index (χ3v) is 4.18. The maximum Gasteiger partial charge on any atom is 0.262 e. The number of nitriles is 1. The molecule has 0 saturated heterocycles. The Morgan fingerprint density at radius 3 is 2.72 bits per heavy atom. The molecule has 0 aliphatic rings. The number of fused-ring (bicyclic) bond motifs is 1. The van der Waals surface area contributed by atoms with Crippen molar-refractivity contribution in [2.24, 2.45) is 0 Å². The van der Waals surface area contributed by atoms with Gasteiger partial charge in [0.1, 0.15) is 11.6 Å². The molecule has 0 fully saturated rings. The number of nitrogens with zero attached hydrogens (tertiary/aromatic N) is 1. The fourth-order valence-electron chi connectivity index (χ4n) is 2.83. The minimum absolute atomic E-state index is 0.0960. The van der Waals surface area contributed by atoms with Crippen molar-refractivity contribution >= 4 is 22.9 Å². The van der Waals surface area contributed by atoms with Crippen LogP contribution in [0, 0.1) is 11.3 Å².